The number of ether oxygens (including phenoxy) is 1. The van der Waals surface area contributed by atoms with Gasteiger partial charge in [0.15, 0.2) is 17.3 Å². The fraction of sp³-hybridized carbons (Fsp3) is 0.319. The first kappa shape index (κ1) is 37.1. The number of aromatic amines is 2. The smallest absolute Gasteiger partial charge is 0.161 e. The Morgan fingerprint density at radius 2 is 1.64 bits per heavy atom. The number of anilines is 1. The average molecular weight is 752 g/mol. The molecular weight excluding hydrogens is 703 g/mol. The van der Waals surface area contributed by atoms with Crippen LogP contribution in [0.5, 0.6) is 17.2 Å². The molecule has 0 radical (unpaired) electrons. The summed E-state index contributed by atoms with van der Waals surface area (Å²) in [5.74, 6) is -0.571. The second kappa shape index (κ2) is 16.1. The molecule has 2 aliphatic carbocycles. The van der Waals surface area contributed by atoms with E-state index < -0.39 is 11.8 Å². The fourth-order valence-electron chi connectivity index (χ4n) is 9.17. The highest BCUT2D eigenvalue weighted by Gasteiger charge is 2.42. The minimum atomic E-state index is -0.995. The summed E-state index contributed by atoms with van der Waals surface area (Å²) in [4.78, 5) is 36.3. The molecule has 4 bridgehead atoms. The topological polar surface area (TPSA) is 148 Å². The Bertz CT molecular complexity index is 2310. The number of hydrogen-bond donors (Lipinski definition) is 6. The number of rotatable bonds is 5. The molecule has 8 rings (SSSR count). The predicted molar refractivity (Wildman–Crippen MR) is 218 cm³/mol. The summed E-state index contributed by atoms with van der Waals surface area (Å²) in [6.07, 6.45) is 14.0. The van der Waals surface area contributed by atoms with Crippen molar-refractivity contribution in [2.75, 3.05) is 25.6 Å². The summed E-state index contributed by atoms with van der Waals surface area (Å²) in [5.41, 5.74) is 9.59. The lowest BCUT2D eigenvalue weighted by atomic mass is 9.67. The molecule has 9 heteroatoms. The summed E-state index contributed by atoms with van der Waals surface area (Å²) < 4.78 is 5.57. The van der Waals surface area contributed by atoms with E-state index in [1.165, 1.54) is 7.11 Å². The van der Waals surface area contributed by atoms with Crippen LogP contribution < -0.4 is 10.1 Å². The van der Waals surface area contributed by atoms with Crippen molar-refractivity contribution in [2.24, 2.45) is 17.8 Å². The molecule has 0 spiro atoms. The second-order valence-corrected chi connectivity index (χ2v) is 15.5. The Balaban J connectivity index is 1.19. The zero-order valence-corrected chi connectivity index (χ0v) is 31.7. The van der Waals surface area contributed by atoms with Crippen LogP contribution in [0.3, 0.4) is 0 Å². The number of aryl methyl sites for hydroxylation is 2. The highest BCUT2D eigenvalue weighted by molar-refractivity contribution is 6.05. The van der Waals surface area contributed by atoms with Crippen LogP contribution in [0.25, 0.3) is 12.2 Å². The minimum absolute atomic E-state index is 0.0417. The number of phenolic OH excluding ortho intramolecular Hbond substituents is 2. The molecule has 56 heavy (non-hydrogen) atoms. The number of nitrogens with one attached hydrogen (secondary N) is 3. The van der Waals surface area contributed by atoms with Crippen LogP contribution in [-0.4, -0.2) is 57.1 Å². The van der Waals surface area contributed by atoms with Crippen LogP contribution >= 0.6 is 0 Å². The number of hydrogen-bond acceptors (Lipinski definition) is 7. The number of H-pyrrole nitrogens is 2. The maximum atomic E-state index is 15.2. The number of methoxy groups -OCH3 is 1. The summed E-state index contributed by atoms with van der Waals surface area (Å²) in [5, 5.41) is 35.7. The summed E-state index contributed by atoms with van der Waals surface area (Å²) >= 11 is 0. The number of aromatic nitrogens is 2. The van der Waals surface area contributed by atoms with Gasteiger partial charge in [0.2, 0.25) is 0 Å². The molecule has 3 aromatic carbocycles. The molecule has 0 amide bonds. The maximum Gasteiger partial charge on any atom is 0.161 e. The van der Waals surface area contributed by atoms with E-state index in [1.54, 1.807) is 12.1 Å². The van der Waals surface area contributed by atoms with E-state index in [2.05, 4.69) is 57.8 Å². The van der Waals surface area contributed by atoms with Gasteiger partial charge in [0.25, 0.3) is 0 Å². The molecule has 2 aromatic heterocycles. The van der Waals surface area contributed by atoms with Crippen molar-refractivity contribution in [3.05, 3.63) is 141 Å². The molecule has 3 heterocycles. The van der Waals surface area contributed by atoms with Gasteiger partial charge in [-0.2, -0.15) is 0 Å². The van der Waals surface area contributed by atoms with Crippen LogP contribution in [0, 0.1) is 17.8 Å². The lowest BCUT2D eigenvalue weighted by molar-refractivity contribution is -0.135. The Kier molecular flexibility index (Phi) is 10.7. The lowest BCUT2D eigenvalue weighted by Gasteiger charge is -2.36. The van der Waals surface area contributed by atoms with Gasteiger partial charge >= 0.3 is 0 Å². The number of phenols is 2. The maximum absolute atomic E-state index is 15.2. The number of carbonyl (C=O) groups excluding carboxylic acids is 2. The van der Waals surface area contributed by atoms with Crippen molar-refractivity contribution >= 4 is 29.5 Å². The van der Waals surface area contributed by atoms with E-state index in [1.807, 2.05) is 42.7 Å². The number of allylic oxidation sites excluding steroid dienone is 1. The Morgan fingerprint density at radius 3 is 2.46 bits per heavy atom. The van der Waals surface area contributed by atoms with E-state index >= 15 is 4.79 Å². The standard InChI is InChI=1S/C47H49N3O6/c1-56-43-25-31-10-13-42(53)38(16-19-51)46(55)44-35(27-50-47-33(14-17-49-47)21-29-4-2-5-30(20-29)22-34(23-31)45(43)54)26-40-37(15-18-48-40)39(44)24-28-8-11-32-6-3-7-41(52)36(32)12-9-28/h2-7,9,12,14-15,17-18,20,23,25-26,28,38-39,44,48-52,54H,8,10-11,13,16,19,21-22,24,27H2,1H3. The zero-order valence-electron chi connectivity index (χ0n) is 31.7. The lowest BCUT2D eigenvalue weighted by Crippen LogP contribution is -2.38. The molecule has 0 saturated heterocycles. The van der Waals surface area contributed by atoms with Gasteiger partial charge < -0.3 is 35.3 Å². The summed E-state index contributed by atoms with van der Waals surface area (Å²) in [6, 6.07) is 21.8. The number of carbonyl (C=O) groups is 2. The molecule has 3 aliphatic rings. The first-order chi connectivity index (χ1) is 27.3. The van der Waals surface area contributed by atoms with E-state index in [0.29, 0.717) is 43.5 Å². The molecule has 4 unspecified atom stereocenters. The molecule has 288 valence electrons. The van der Waals surface area contributed by atoms with Crippen LogP contribution in [0.2, 0.25) is 0 Å². The first-order valence-electron chi connectivity index (χ1n) is 19.7. The molecule has 5 aromatic rings. The van der Waals surface area contributed by atoms with Gasteiger partial charge in [-0.1, -0.05) is 54.6 Å². The first-order valence-corrected chi connectivity index (χ1v) is 19.7. The van der Waals surface area contributed by atoms with Gasteiger partial charge in [-0.05, 0) is 107 Å². The van der Waals surface area contributed by atoms with Gasteiger partial charge in [0.05, 0.1) is 13.0 Å². The molecule has 4 atom stereocenters. The minimum Gasteiger partial charge on any atom is -0.507 e. The van der Waals surface area contributed by atoms with Crippen molar-refractivity contribution < 1.29 is 29.6 Å². The van der Waals surface area contributed by atoms with Crippen LogP contribution in [0.1, 0.15) is 81.8 Å². The summed E-state index contributed by atoms with van der Waals surface area (Å²) in [7, 11) is 1.52. The number of aliphatic hydroxyl groups is 1. The number of Topliss-reactive ketones (excluding diaryl/α,β-unsaturated/α-hetero) is 2. The van der Waals surface area contributed by atoms with Crippen molar-refractivity contribution in [3.63, 3.8) is 0 Å². The number of benzene rings is 3. The quantitative estimate of drug-likeness (QED) is 0.100. The Morgan fingerprint density at radius 1 is 0.839 bits per heavy atom. The third-order valence-corrected chi connectivity index (χ3v) is 12.0. The average Bonchev–Trinajstić information content (AvgIpc) is 3.81. The van der Waals surface area contributed by atoms with Crippen molar-refractivity contribution in [3.8, 4) is 17.2 Å². The van der Waals surface area contributed by atoms with E-state index in [9.17, 15) is 20.1 Å². The van der Waals surface area contributed by atoms with E-state index in [0.717, 1.165) is 68.9 Å². The number of aliphatic hydroxyl groups excluding tert-OH is 1. The van der Waals surface area contributed by atoms with Crippen molar-refractivity contribution in [2.45, 2.75) is 57.3 Å². The molecule has 9 nitrogen and oxygen atoms in total. The third-order valence-electron chi connectivity index (χ3n) is 12.0. The number of aromatic hydroxyl groups is 2. The van der Waals surface area contributed by atoms with E-state index in [-0.39, 0.29) is 54.3 Å². The van der Waals surface area contributed by atoms with Crippen LogP contribution in [0.4, 0.5) is 5.82 Å². The highest BCUT2D eigenvalue weighted by atomic mass is 16.5. The number of ketones is 2. The van der Waals surface area contributed by atoms with Crippen molar-refractivity contribution in [1.82, 2.24) is 9.97 Å². The van der Waals surface area contributed by atoms with Crippen molar-refractivity contribution in [1.29, 1.82) is 0 Å². The van der Waals surface area contributed by atoms with Gasteiger partial charge in [-0.3, -0.25) is 9.59 Å². The highest BCUT2D eigenvalue weighted by Crippen LogP contribution is 2.46. The molecular formula is C47H49N3O6. The normalized spacial score (nSPS) is 21.1. The van der Waals surface area contributed by atoms with Crippen LogP contribution in [0.15, 0.2) is 90.8 Å². The molecule has 0 fully saturated rings. The molecule has 0 saturated carbocycles. The largest absolute Gasteiger partial charge is 0.507 e. The second-order valence-electron chi connectivity index (χ2n) is 15.5. The zero-order chi connectivity index (χ0) is 38.8. The molecule has 6 N–H and O–H groups in total. The SMILES string of the molecule is COc1cc2cc(c1O)Cc1cccc(c1)Cc1cc[nH]c1NCC1=Cc3[nH]ccc3C(CC3C=Cc4c(O)cccc4CC3)C1C(=O)C(CCO)C(=O)CC2. The van der Waals surface area contributed by atoms with Gasteiger partial charge in [-0.15, -0.1) is 0 Å². The monoisotopic (exact) mass is 751 g/mol. The molecule has 1 aliphatic heterocycles. The fourth-order valence-corrected chi connectivity index (χ4v) is 9.17. The Hall–Kier alpha value is -5.80. The Labute approximate surface area is 327 Å². The van der Waals surface area contributed by atoms with Gasteiger partial charge in [0, 0.05) is 73.5 Å². The van der Waals surface area contributed by atoms with Crippen LogP contribution in [-0.2, 0) is 35.3 Å². The van der Waals surface area contributed by atoms with Gasteiger partial charge in [-0.25, -0.2) is 0 Å². The van der Waals surface area contributed by atoms with E-state index in [4.69, 9.17) is 4.74 Å². The third kappa shape index (κ3) is 7.56. The predicted octanol–water partition coefficient (Wildman–Crippen LogP) is 7.90. The summed E-state index contributed by atoms with van der Waals surface area (Å²) in [6.45, 7) is 0.0878. The number of fused-ring (bicyclic) bond motifs is 8. The van der Waals surface area contributed by atoms with Gasteiger partial charge in [0.1, 0.15) is 17.4 Å².